The largest absolute Gasteiger partial charge is 0.497 e. The summed E-state index contributed by atoms with van der Waals surface area (Å²) < 4.78 is 43.6. The lowest BCUT2D eigenvalue weighted by Gasteiger charge is -2.33. The van der Waals surface area contributed by atoms with Crippen LogP contribution in [0.4, 0.5) is 0 Å². The van der Waals surface area contributed by atoms with Crippen LogP contribution in [0.2, 0.25) is 0 Å². The van der Waals surface area contributed by atoms with E-state index >= 15 is 0 Å². The molecule has 2 unspecified atom stereocenters. The number of fused-ring (bicyclic) bond motifs is 1. The summed E-state index contributed by atoms with van der Waals surface area (Å²) in [6, 6.07) is 18.4. The summed E-state index contributed by atoms with van der Waals surface area (Å²) in [5, 5.41) is 2.92. The molecule has 11 nitrogen and oxygen atoms in total. The van der Waals surface area contributed by atoms with Crippen molar-refractivity contribution in [3.63, 3.8) is 0 Å². The molecule has 2 aliphatic heterocycles. The summed E-state index contributed by atoms with van der Waals surface area (Å²) in [5.74, 6) is -1.02. The van der Waals surface area contributed by atoms with E-state index in [0.717, 1.165) is 12.8 Å². The predicted octanol–water partition coefficient (Wildman–Crippen LogP) is 2.91. The monoisotopic (exact) mass is 607 g/mol. The molecule has 43 heavy (non-hydrogen) atoms. The van der Waals surface area contributed by atoms with Crippen molar-refractivity contribution in [3.05, 3.63) is 89.5 Å². The van der Waals surface area contributed by atoms with Crippen LogP contribution < -0.4 is 14.8 Å². The Balaban J connectivity index is 1.53. The average molecular weight is 608 g/mol. The van der Waals surface area contributed by atoms with E-state index in [2.05, 4.69) is 5.32 Å². The van der Waals surface area contributed by atoms with Crippen molar-refractivity contribution >= 4 is 27.7 Å². The van der Waals surface area contributed by atoms with E-state index in [1.165, 1.54) is 37.3 Å². The Labute approximate surface area is 250 Å². The number of carbonyl (C=O) groups is 3. The highest BCUT2D eigenvalue weighted by Crippen LogP contribution is 2.32. The van der Waals surface area contributed by atoms with Gasteiger partial charge in [0.05, 0.1) is 25.9 Å². The zero-order valence-corrected chi connectivity index (χ0v) is 24.7. The molecule has 1 fully saturated rings. The molecular weight excluding hydrogens is 574 g/mol. The number of benzene rings is 3. The van der Waals surface area contributed by atoms with E-state index in [-0.39, 0.29) is 29.7 Å². The first-order valence-electron chi connectivity index (χ1n) is 13.8. The first-order chi connectivity index (χ1) is 20.7. The van der Waals surface area contributed by atoms with Crippen LogP contribution in [0, 0.1) is 0 Å². The highest BCUT2D eigenvalue weighted by atomic mass is 32.2. The minimum atomic E-state index is -4.27. The van der Waals surface area contributed by atoms with Gasteiger partial charge >= 0.3 is 0 Å². The Morgan fingerprint density at radius 2 is 1.74 bits per heavy atom. The van der Waals surface area contributed by atoms with Crippen molar-refractivity contribution in [2.45, 2.75) is 36.4 Å². The van der Waals surface area contributed by atoms with Crippen molar-refractivity contribution in [2.24, 2.45) is 0 Å². The standard InChI is InChI=1S/C31H33N3O8S/c1-40-23-10-5-8-21(16-23)19-33(28(35)20-34-31(37)26-13-3-4-14-27(26)43(34,38)39)29(22-9-6-11-24(17-22)41-2)30(36)32-18-25-12-7-15-42-25/h3-6,8-11,13-14,16-17,25,29H,7,12,15,18-20H2,1-2H3,(H,32,36). The summed E-state index contributed by atoms with van der Waals surface area (Å²) >= 11 is 0. The van der Waals surface area contributed by atoms with Crippen molar-refractivity contribution in [1.82, 2.24) is 14.5 Å². The summed E-state index contributed by atoms with van der Waals surface area (Å²) in [5.41, 5.74) is 1.07. The van der Waals surface area contributed by atoms with Crippen LogP contribution >= 0.6 is 0 Å². The van der Waals surface area contributed by atoms with Gasteiger partial charge in [-0.05, 0) is 60.4 Å². The molecule has 3 aromatic carbocycles. The molecule has 1 N–H and O–H groups in total. The molecule has 2 atom stereocenters. The SMILES string of the molecule is COc1cccc(CN(C(=O)CN2C(=O)c3ccccc3S2(=O)=O)C(C(=O)NCC2CCCO2)c2cccc(OC)c2)c1. The molecule has 5 rings (SSSR count). The predicted molar refractivity (Wildman–Crippen MR) is 156 cm³/mol. The van der Waals surface area contributed by atoms with E-state index in [9.17, 15) is 22.8 Å². The molecule has 0 aromatic heterocycles. The molecule has 3 aromatic rings. The number of methoxy groups -OCH3 is 2. The molecule has 0 saturated carbocycles. The second-order valence-corrected chi connectivity index (χ2v) is 12.1. The summed E-state index contributed by atoms with van der Waals surface area (Å²) in [6.07, 6.45) is 1.54. The van der Waals surface area contributed by atoms with E-state index in [4.69, 9.17) is 14.2 Å². The fraction of sp³-hybridized carbons (Fsp3) is 0.323. The topological polar surface area (TPSA) is 132 Å². The van der Waals surface area contributed by atoms with Crippen LogP contribution in [0.15, 0.2) is 77.7 Å². The van der Waals surface area contributed by atoms with Crippen LogP contribution in [0.1, 0.15) is 40.4 Å². The highest BCUT2D eigenvalue weighted by molar-refractivity contribution is 7.90. The Morgan fingerprint density at radius 3 is 2.44 bits per heavy atom. The molecule has 0 radical (unpaired) electrons. The zero-order chi connectivity index (χ0) is 30.6. The highest BCUT2D eigenvalue weighted by Gasteiger charge is 2.43. The number of hydrogen-bond acceptors (Lipinski definition) is 8. The van der Waals surface area contributed by atoms with Gasteiger partial charge in [0, 0.05) is 19.7 Å². The number of amides is 3. The molecule has 1 saturated heterocycles. The summed E-state index contributed by atoms with van der Waals surface area (Å²) in [4.78, 5) is 42.4. The van der Waals surface area contributed by atoms with Crippen LogP contribution in [-0.2, 0) is 30.9 Å². The van der Waals surface area contributed by atoms with Gasteiger partial charge in [-0.25, -0.2) is 12.7 Å². The van der Waals surface area contributed by atoms with E-state index < -0.39 is 40.3 Å². The Hall–Kier alpha value is -4.42. The number of ether oxygens (including phenoxy) is 3. The fourth-order valence-corrected chi connectivity index (χ4v) is 6.81. The van der Waals surface area contributed by atoms with Gasteiger partial charge in [0.25, 0.3) is 15.9 Å². The summed E-state index contributed by atoms with van der Waals surface area (Å²) in [7, 11) is -1.26. The van der Waals surface area contributed by atoms with Crippen molar-refractivity contribution in [3.8, 4) is 11.5 Å². The lowest BCUT2D eigenvalue weighted by Crippen LogP contribution is -2.48. The molecule has 2 heterocycles. The number of rotatable bonds is 11. The molecule has 0 aliphatic carbocycles. The quantitative estimate of drug-likeness (QED) is 0.352. The molecule has 2 aliphatic rings. The van der Waals surface area contributed by atoms with Gasteiger partial charge in [-0.3, -0.25) is 14.4 Å². The van der Waals surface area contributed by atoms with Crippen LogP contribution in [0.25, 0.3) is 0 Å². The first-order valence-corrected chi connectivity index (χ1v) is 15.3. The smallest absolute Gasteiger partial charge is 0.269 e. The third kappa shape index (κ3) is 6.35. The number of sulfonamides is 1. The zero-order valence-electron chi connectivity index (χ0n) is 23.9. The van der Waals surface area contributed by atoms with Crippen molar-refractivity contribution in [2.75, 3.05) is 33.9 Å². The van der Waals surface area contributed by atoms with Crippen molar-refractivity contribution in [1.29, 1.82) is 0 Å². The second kappa shape index (κ2) is 12.8. The molecule has 226 valence electrons. The first kappa shape index (κ1) is 30.1. The number of nitrogens with one attached hydrogen (secondary N) is 1. The van der Waals surface area contributed by atoms with Gasteiger partial charge in [-0.1, -0.05) is 36.4 Å². The van der Waals surface area contributed by atoms with Crippen molar-refractivity contribution < 1.29 is 37.0 Å². The fourth-order valence-electron chi connectivity index (χ4n) is 5.29. The lowest BCUT2D eigenvalue weighted by atomic mass is 10.0. The van der Waals surface area contributed by atoms with E-state index in [1.807, 2.05) is 0 Å². The second-order valence-electron chi connectivity index (χ2n) is 10.2. The van der Waals surface area contributed by atoms with Gasteiger partial charge < -0.3 is 24.4 Å². The number of hydrogen-bond donors (Lipinski definition) is 1. The maximum atomic E-state index is 14.2. The molecule has 12 heteroatoms. The normalized spacial score (nSPS) is 17.7. The minimum Gasteiger partial charge on any atom is -0.497 e. The maximum Gasteiger partial charge on any atom is 0.269 e. The maximum absolute atomic E-state index is 14.2. The third-order valence-corrected chi connectivity index (χ3v) is 9.28. The molecule has 0 bridgehead atoms. The van der Waals surface area contributed by atoms with Gasteiger partial charge in [0.1, 0.15) is 29.0 Å². The molecule has 0 spiro atoms. The Bertz CT molecular complexity index is 1620. The van der Waals surface area contributed by atoms with E-state index in [0.29, 0.717) is 33.5 Å². The Morgan fingerprint density at radius 1 is 1.02 bits per heavy atom. The number of carbonyl (C=O) groups excluding carboxylic acids is 3. The van der Waals surface area contributed by atoms with Crippen LogP contribution in [0.5, 0.6) is 11.5 Å². The molecule has 3 amide bonds. The van der Waals surface area contributed by atoms with Gasteiger partial charge in [0.15, 0.2) is 0 Å². The van der Waals surface area contributed by atoms with Gasteiger partial charge in [0.2, 0.25) is 11.8 Å². The Kier molecular flexibility index (Phi) is 8.97. The van der Waals surface area contributed by atoms with E-state index in [1.54, 1.807) is 54.6 Å². The van der Waals surface area contributed by atoms with Crippen LogP contribution in [0.3, 0.4) is 0 Å². The summed E-state index contributed by atoms with van der Waals surface area (Å²) in [6.45, 7) is -0.0184. The lowest BCUT2D eigenvalue weighted by molar-refractivity contribution is -0.141. The van der Waals surface area contributed by atoms with Gasteiger partial charge in [-0.15, -0.1) is 0 Å². The molecular formula is C31H33N3O8S. The average Bonchev–Trinajstić information content (AvgIpc) is 3.61. The number of nitrogens with zero attached hydrogens (tertiary/aromatic N) is 2. The van der Waals surface area contributed by atoms with Gasteiger partial charge in [-0.2, -0.15) is 0 Å². The minimum absolute atomic E-state index is 0.00621. The van der Waals surface area contributed by atoms with Crippen LogP contribution in [-0.4, -0.2) is 75.4 Å². The third-order valence-electron chi connectivity index (χ3n) is 7.50.